The number of pyridine rings is 1. The van der Waals surface area contributed by atoms with Crippen LogP contribution in [0.2, 0.25) is 0 Å². The van der Waals surface area contributed by atoms with Gasteiger partial charge in [-0.3, -0.25) is 0 Å². The first-order valence-corrected chi connectivity index (χ1v) is 3.87. The van der Waals surface area contributed by atoms with E-state index in [4.69, 9.17) is 11.0 Å². The number of rotatable bonds is 2. The lowest BCUT2D eigenvalue weighted by Gasteiger charge is -2.12. The Morgan fingerprint density at radius 3 is 2.56 bits per heavy atom. The summed E-state index contributed by atoms with van der Waals surface area (Å²) in [5, 5.41) is 8.55. The Labute approximate surface area is 88.2 Å². The molecule has 0 radical (unpaired) electrons. The van der Waals surface area contributed by atoms with Crippen LogP contribution in [0.15, 0.2) is 6.07 Å². The number of alkyl halides is 3. The molecule has 0 spiro atoms. The van der Waals surface area contributed by atoms with Gasteiger partial charge in [-0.15, -0.1) is 13.2 Å². The molecule has 1 aromatic rings. The molecule has 0 aromatic carbocycles. The number of nitriles is 1. The molecule has 0 fully saturated rings. The molecule has 0 bridgehead atoms. The molecule has 0 aliphatic carbocycles. The minimum Gasteiger partial charge on any atom is -0.478 e. The van der Waals surface area contributed by atoms with Crippen molar-refractivity contribution >= 4 is 5.69 Å². The second-order valence-electron chi connectivity index (χ2n) is 2.59. The molecule has 0 amide bonds. The fourth-order valence-electron chi connectivity index (χ4n) is 0.926. The number of anilines is 1. The number of nitrogens with two attached hydrogens (primary N) is 1. The smallest absolute Gasteiger partial charge is 0.478 e. The molecule has 0 saturated carbocycles. The Kier molecular flexibility index (Phi) is 3.08. The van der Waals surface area contributed by atoms with Gasteiger partial charge < -0.3 is 15.2 Å². The van der Waals surface area contributed by atoms with E-state index >= 15 is 0 Å². The number of aromatic nitrogens is 1. The highest BCUT2D eigenvalue weighted by Gasteiger charge is 2.33. The molecule has 86 valence electrons. The van der Waals surface area contributed by atoms with Crippen molar-refractivity contribution in [2.24, 2.45) is 0 Å². The lowest BCUT2D eigenvalue weighted by atomic mass is 10.3. The standard InChI is InChI=1S/C8H6F3N3O2/c1-15-7-6(16-8(9,10)11)2-4(13)5(3-12)14-7/h2H,13H2,1H3. The molecule has 2 N–H and O–H groups in total. The van der Waals surface area contributed by atoms with Crippen molar-refractivity contribution in [2.75, 3.05) is 12.8 Å². The average Bonchev–Trinajstić information content (AvgIpc) is 2.16. The van der Waals surface area contributed by atoms with Crippen molar-refractivity contribution in [3.8, 4) is 17.7 Å². The van der Waals surface area contributed by atoms with Crippen molar-refractivity contribution in [3.05, 3.63) is 11.8 Å². The van der Waals surface area contributed by atoms with Crippen LogP contribution in [0.1, 0.15) is 5.69 Å². The summed E-state index contributed by atoms with van der Waals surface area (Å²) in [5.41, 5.74) is 4.84. The zero-order chi connectivity index (χ0) is 12.3. The summed E-state index contributed by atoms with van der Waals surface area (Å²) in [7, 11) is 1.10. The fourth-order valence-corrected chi connectivity index (χ4v) is 0.926. The number of ether oxygens (including phenoxy) is 2. The maximum Gasteiger partial charge on any atom is 0.573 e. The van der Waals surface area contributed by atoms with Crippen molar-refractivity contribution in [1.29, 1.82) is 5.26 Å². The molecular formula is C8H6F3N3O2. The molecule has 0 atom stereocenters. The third kappa shape index (κ3) is 2.66. The van der Waals surface area contributed by atoms with E-state index in [2.05, 4.69) is 14.5 Å². The average molecular weight is 233 g/mol. The SMILES string of the molecule is COc1nc(C#N)c(N)cc1OC(F)(F)F. The van der Waals surface area contributed by atoms with Gasteiger partial charge in [-0.05, 0) is 0 Å². The number of nitrogens with zero attached hydrogens (tertiary/aromatic N) is 2. The number of hydrogen-bond acceptors (Lipinski definition) is 5. The maximum absolute atomic E-state index is 12.0. The van der Waals surface area contributed by atoms with Gasteiger partial charge in [-0.1, -0.05) is 0 Å². The Bertz CT molecular complexity index is 439. The van der Waals surface area contributed by atoms with Gasteiger partial charge in [0.1, 0.15) is 6.07 Å². The molecular weight excluding hydrogens is 227 g/mol. The third-order valence-corrected chi connectivity index (χ3v) is 1.51. The quantitative estimate of drug-likeness (QED) is 0.835. The third-order valence-electron chi connectivity index (χ3n) is 1.51. The predicted molar refractivity (Wildman–Crippen MR) is 46.6 cm³/mol. The van der Waals surface area contributed by atoms with Gasteiger partial charge in [0.15, 0.2) is 11.4 Å². The first-order chi connectivity index (χ1) is 7.37. The minimum atomic E-state index is -4.88. The van der Waals surface area contributed by atoms with E-state index in [-0.39, 0.29) is 11.4 Å². The molecule has 1 rings (SSSR count). The van der Waals surface area contributed by atoms with E-state index in [1.54, 1.807) is 6.07 Å². The van der Waals surface area contributed by atoms with E-state index in [9.17, 15) is 13.2 Å². The van der Waals surface area contributed by atoms with Crippen LogP contribution in [-0.2, 0) is 0 Å². The van der Waals surface area contributed by atoms with Crippen LogP contribution in [0, 0.1) is 11.3 Å². The van der Waals surface area contributed by atoms with Crippen LogP contribution < -0.4 is 15.2 Å². The Morgan fingerprint density at radius 1 is 1.50 bits per heavy atom. The minimum absolute atomic E-state index is 0.220. The number of halogens is 3. The van der Waals surface area contributed by atoms with Crippen molar-refractivity contribution in [2.45, 2.75) is 6.36 Å². The van der Waals surface area contributed by atoms with Crippen LogP contribution in [0.4, 0.5) is 18.9 Å². The van der Waals surface area contributed by atoms with E-state index in [0.29, 0.717) is 0 Å². The molecule has 16 heavy (non-hydrogen) atoms. The molecule has 1 heterocycles. The van der Waals surface area contributed by atoms with Gasteiger partial charge in [-0.2, -0.15) is 10.2 Å². The van der Waals surface area contributed by atoms with Crippen molar-refractivity contribution in [1.82, 2.24) is 4.98 Å². The normalized spacial score (nSPS) is 10.7. The van der Waals surface area contributed by atoms with Crippen molar-refractivity contribution < 1.29 is 22.6 Å². The molecule has 1 aromatic heterocycles. The molecule has 0 aliphatic rings. The molecule has 5 nitrogen and oxygen atoms in total. The van der Waals surface area contributed by atoms with Gasteiger partial charge in [0, 0.05) is 6.07 Å². The second kappa shape index (κ2) is 4.14. The van der Waals surface area contributed by atoms with Crippen LogP contribution in [0.3, 0.4) is 0 Å². The first kappa shape index (κ1) is 11.9. The number of nitrogen functional groups attached to an aromatic ring is 1. The summed E-state index contributed by atoms with van der Waals surface area (Å²) in [5.74, 6) is -1.14. The predicted octanol–water partition coefficient (Wildman–Crippen LogP) is 1.44. The van der Waals surface area contributed by atoms with E-state index in [0.717, 1.165) is 13.2 Å². The number of methoxy groups -OCH3 is 1. The van der Waals surface area contributed by atoms with E-state index < -0.39 is 18.0 Å². The van der Waals surface area contributed by atoms with Crippen LogP contribution in [-0.4, -0.2) is 18.5 Å². The van der Waals surface area contributed by atoms with Crippen LogP contribution in [0.25, 0.3) is 0 Å². The highest BCUT2D eigenvalue weighted by Crippen LogP contribution is 2.32. The monoisotopic (exact) mass is 233 g/mol. The van der Waals surface area contributed by atoms with Crippen LogP contribution >= 0.6 is 0 Å². The summed E-state index contributed by atoms with van der Waals surface area (Å²) in [6, 6.07) is 2.44. The Balaban J connectivity index is 3.20. The van der Waals surface area contributed by atoms with Crippen LogP contribution in [0.5, 0.6) is 11.6 Å². The van der Waals surface area contributed by atoms with Gasteiger partial charge >= 0.3 is 6.36 Å². The topological polar surface area (TPSA) is 81.2 Å². The van der Waals surface area contributed by atoms with E-state index in [1.807, 2.05) is 0 Å². The van der Waals surface area contributed by atoms with Gasteiger partial charge in [0.2, 0.25) is 0 Å². The van der Waals surface area contributed by atoms with Gasteiger partial charge in [-0.25, -0.2) is 0 Å². The highest BCUT2D eigenvalue weighted by atomic mass is 19.4. The fraction of sp³-hybridized carbons (Fsp3) is 0.250. The van der Waals surface area contributed by atoms with E-state index in [1.165, 1.54) is 0 Å². The molecule has 0 unspecified atom stereocenters. The highest BCUT2D eigenvalue weighted by molar-refractivity contribution is 5.56. The lowest BCUT2D eigenvalue weighted by Crippen LogP contribution is -2.18. The largest absolute Gasteiger partial charge is 0.573 e. The summed E-state index contributed by atoms with van der Waals surface area (Å²) in [4.78, 5) is 3.46. The summed E-state index contributed by atoms with van der Waals surface area (Å²) < 4.78 is 44.1. The molecule has 0 saturated heterocycles. The summed E-state index contributed by atoms with van der Waals surface area (Å²) in [6.07, 6.45) is -4.88. The maximum atomic E-state index is 12.0. The lowest BCUT2D eigenvalue weighted by molar-refractivity contribution is -0.275. The van der Waals surface area contributed by atoms with Crippen molar-refractivity contribution in [3.63, 3.8) is 0 Å². The summed E-state index contributed by atoms with van der Waals surface area (Å²) in [6.45, 7) is 0. The Morgan fingerprint density at radius 2 is 2.12 bits per heavy atom. The molecule has 0 aliphatic heterocycles. The first-order valence-electron chi connectivity index (χ1n) is 3.87. The Hall–Kier alpha value is -2.17. The zero-order valence-electron chi connectivity index (χ0n) is 8.00. The molecule has 8 heteroatoms. The zero-order valence-corrected chi connectivity index (χ0v) is 8.00. The summed E-state index contributed by atoms with van der Waals surface area (Å²) >= 11 is 0. The van der Waals surface area contributed by atoms with Gasteiger partial charge in [0.05, 0.1) is 12.8 Å². The van der Waals surface area contributed by atoms with Gasteiger partial charge in [0.25, 0.3) is 5.88 Å². The second-order valence-corrected chi connectivity index (χ2v) is 2.59. The number of hydrogen-bond donors (Lipinski definition) is 1.